The molecule has 1 aromatic rings. The summed E-state index contributed by atoms with van der Waals surface area (Å²) in [5.74, 6) is -1.16. The lowest BCUT2D eigenvalue weighted by Crippen LogP contribution is -2.40. The van der Waals surface area contributed by atoms with Crippen molar-refractivity contribution in [2.75, 3.05) is 0 Å². The van der Waals surface area contributed by atoms with Crippen molar-refractivity contribution in [2.24, 2.45) is 0 Å². The van der Waals surface area contributed by atoms with Crippen LogP contribution in [0.15, 0.2) is 27.6 Å². The molecule has 0 saturated carbocycles. The quantitative estimate of drug-likeness (QED) is 0.779. The Balaban J connectivity index is 3.00. The monoisotopic (exact) mass is 363 g/mol. The van der Waals surface area contributed by atoms with Gasteiger partial charge in [0.25, 0.3) is 0 Å². The van der Waals surface area contributed by atoms with E-state index in [1.54, 1.807) is 12.1 Å². The summed E-state index contributed by atoms with van der Waals surface area (Å²) in [5, 5.41) is 9.08. The van der Waals surface area contributed by atoms with E-state index >= 15 is 0 Å². The molecule has 5 nitrogen and oxygen atoms in total. The normalized spacial score (nSPS) is 13.2. The van der Waals surface area contributed by atoms with E-state index in [-0.39, 0.29) is 11.3 Å². The van der Waals surface area contributed by atoms with Gasteiger partial charge in [0.15, 0.2) is 0 Å². The number of nitrogens with one attached hydrogen (secondary N) is 1. The molecule has 2 N–H and O–H groups in total. The van der Waals surface area contributed by atoms with Crippen molar-refractivity contribution in [1.82, 2.24) is 4.72 Å². The summed E-state index contributed by atoms with van der Waals surface area (Å²) < 4.78 is 27.1. The second-order valence-corrected chi connectivity index (χ2v) is 7.12. The van der Waals surface area contributed by atoms with Gasteiger partial charge in [-0.1, -0.05) is 25.8 Å². The molecule has 7 heteroatoms. The van der Waals surface area contributed by atoms with Crippen LogP contribution in [0.2, 0.25) is 0 Å². The standard InChI is InChI=1S/C13H18BrNO4S/c1-3-4-5-11(13(16)17)15-20(18,19)12-7-6-9(2)8-10(12)14/h6-8,11,15H,3-5H2,1-2H3,(H,16,17)/t11-/m0/s1. The SMILES string of the molecule is CCCC[C@H](NS(=O)(=O)c1ccc(C)cc1Br)C(=O)O. The molecule has 1 aromatic carbocycles. The van der Waals surface area contributed by atoms with Crippen molar-refractivity contribution >= 4 is 31.9 Å². The van der Waals surface area contributed by atoms with Crippen LogP contribution in [0.3, 0.4) is 0 Å². The lowest BCUT2D eigenvalue weighted by Gasteiger charge is -2.15. The Morgan fingerprint density at radius 3 is 2.60 bits per heavy atom. The van der Waals surface area contributed by atoms with Gasteiger partial charge in [-0.15, -0.1) is 0 Å². The zero-order chi connectivity index (χ0) is 15.3. The van der Waals surface area contributed by atoms with E-state index in [1.165, 1.54) is 6.07 Å². The number of hydrogen-bond donors (Lipinski definition) is 2. The predicted octanol–water partition coefficient (Wildman–Crippen LogP) is 2.68. The number of rotatable bonds is 7. The lowest BCUT2D eigenvalue weighted by atomic mass is 10.1. The van der Waals surface area contributed by atoms with E-state index in [0.29, 0.717) is 10.9 Å². The lowest BCUT2D eigenvalue weighted by molar-refractivity contribution is -0.139. The smallest absolute Gasteiger partial charge is 0.321 e. The fourth-order valence-electron chi connectivity index (χ4n) is 1.72. The van der Waals surface area contributed by atoms with Crippen molar-refractivity contribution < 1.29 is 18.3 Å². The summed E-state index contributed by atoms with van der Waals surface area (Å²) in [6.07, 6.45) is 1.73. The highest BCUT2D eigenvalue weighted by molar-refractivity contribution is 9.10. The number of carbonyl (C=O) groups is 1. The van der Waals surface area contributed by atoms with E-state index in [4.69, 9.17) is 5.11 Å². The molecule has 0 radical (unpaired) electrons. The van der Waals surface area contributed by atoms with Crippen molar-refractivity contribution in [3.05, 3.63) is 28.2 Å². The highest BCUT2D eigenvalue weighted by Crippen LogP contribution is 2.23. The number of carboxylic acids is 1. The molecule has 0 saturated heterocycles. The second kappa shape index (κ2) is 7.19. The number of unbranched alkanes of at least 4 members (excludes halogenated alkanes) is 1. The van der Waals surface area contributed by atoms with Gasteiger partial charge in [0.1, 0.15) is 6.04 Å². The van der Waals surface area contributed by atoms with Gasteiger partial charge in [-0.3, -0.25) is 4.79 Å². The molecular weight excluding hydrogens is 346 g/mol. The van der Waals surface area contributed by atoms with Gasteiger partial charge in [-0.25, -0.2) is 8.42 Å². The highest BCUT2D eigenvalue weighted by Gasteiger charge is 2.26. The molecule has 0 aliphatic carbocycles. The van der Waals surface area contributed by atoms with E-state index in [1.807, 2.05) is 13.8 Å². The van der Waals surface area contributed by atoms with Crippen LogP contribution in [0.25, 0.3) is 0 Å². The average molecular weight is 364 g/mol. The minimum absolute atomic E-state index is 0.0471. The molecule has 0 aromatic heterocycles. The van der Waals surface area contributed by atoms with Crippen LogP contribution >= 0.6 is 15.9 Å². The summed E-state index contributed by atoms with van der Waals surface area (Å²) in [7, 11) is -3.86. The number of carboxylic acid groups (broad SMARTS) is 1. The molecule has 0 fully saturated rings. The molecule has 0 amide bonds. The molecule has 112 valence electrons. The molecule has 0 aliphatic heterocycles. The Labute approximate surface area is 127 Å². The van der Waals surface area contributed by atoms with E-state index in [0.717, 1.165) is 12.0 Å². The van der Waals surface area contributed by atoms with Crippen molar-refractivity contribution in [3.8, 4) is 0 Å². The third kappa shape index (κ3) is 4.57. The highest BCUT2D eigenvalue weighted by atomic mass is 79.9. The number of aryl methyl sites for hydroxylation is 1. The Morgan fingerprint density at radius 1 is 1.45 bits per heavy atom. The van der Waals surface area contributed by atoms with Gasteiger partial charge in [-0.2, -0.15) is 4.72 Å². The van der Waals surface area contributed by atoms with Crippen LogP contribution < -0.4 is 4.72 Å². The first-order chi connectivity index (χ1) is 9.27. The Morgan fingerprint density at radius 2 is 2.10 bits per heavy atom. The van der Waals surface area contributed by atoms with Gasteiger partial charge in [-0.05, 0) is 47.0 Å². The molecule has 0 unspecified atom stereocenters. The summed E-state index contributed by atoms with van der Waals surface area (Å²) in [6.45, 7) is 3.76. The molecule has 0 spiro atoms. The molecule has 0 heterocycles. The number of sulfonamides is 1. The van der Waals surface area contributed by atoms with Crippen LogP contribution in [0, 0.1) is 6.92 Å². The summed E-state index contributed by atoms with van der Waals surface area (Å²) in [4.78, 5) is 11.2. The van der Waals surface area contributed by atoms with Crippen LogP contribution in [0.4, 0.5) is 0 Å². The first kappa shape index (κ1) is 17.1. The van der Waals surface area contributed by atoms with Crippen molar-refractivity contribution in [2.45, 2.75) is 44.0 Å². The van der Waals surface area contributed by atoms with Gasteiger partial charge < -0.3 is 5.11 Å². The second-order valence-electron chi connectivity index (χ2n) is 4.59. The van der Waals surface area contributed by atoms with Gasteiger partial charge >= 0.3 is 5.97 Å². The topological polar surface area (TPSA) is 83.5 Å². The van der Waals surface area contributed by atoms with E-state index in [2.05, 4.69) is 20.7 Å². The maximum Gasteiger partial charge on any atom is 0.321 e. The molecule has 20 heavy (non-hydrogen) atoms. The van der Waals surface area contributed by atoms with Crippen LogP contribution in [0.1, 0.15) is 31.7 Å². The van der Waals surface area contributed by atoms with Gasteiger partial charge in [0.05, 0.1) is 4.90 Å². The minimum atomic E-state index is -3.86. The van der Waals surface area contributed by atoms with Crippen LogP contribution in [-0.2, 0) is 14.8 Å². The van der Waals surface area contributed by atoms with Gasteiger partial charge in [0.2, 0.25) is 10.0 Å². The zero-order valence-electron chi connectivity index (χ0n) is 11.4. The Hall–Kier alpha value is -0.920. The van der Waals surface area contributed by atoms with Crippen LogP contribution in [-0.4, -0.2) is 25.5 Å². The fraction of sp³-hybridized carbons (Fsp3) is 0.462. The summed E-state index contributed by atoms with van der Waals surface area (Å²) in [6, 6.07) is 3.70. The molecule has 1 atom stereocenters. The molecule has 0 aliphatic rings. The number of hydrogen-bond acceptors (Lipinski definition) is 3. The molecule has 1 rings (SSSR count). The Kier molecular flexibility index (Phi) is 6.16. The van der Waals surface area contributed by atoms with Crippen LogP contribution in [0.5, 0.6) is 0 Å². The number of aliphatic carboxylic acids is 1. The third-order valence-electron chi connectivity index (χ3n) is 2.82. The van der Waals surface area contributed by atoms with E-state index < -0.39 is 22.0 Å². The third-order valence-corrected chi connectivity index (χ3v) is 5.27. The summed E-state index contributed by atoms with van der Waals surface area (Å²) in [5.41, 5.74) is 0.914. The first-order valence-corrected chi connectivity index (χ1v) is 8.57. The maximum absolute atomic E-state index is 12.2. The number of halogens is 1. The minimum Gasteiger partial charge on any atom is -0.480 e. The number of benzene rings is 1. The first-order valence-electron chi connectivity index (χ1n) is 6.29. The van der Waals surface area contributed by atoms with E-state index in [9.17, 15) is 13.2 Å². The summed E-state index contributed by atoms with van der Waals surface area (Å²) >= 11 is 3.20. The van der Waals surface area contributed by atoms with Gasteiger partial charge in [0, 0.05) is 4.47 Å². The zero-order valence-corrected chi connectivity index (χ0v) is 13.8. The van der Waals surface area contributed by atoms with Crippen molar-refractivity contribution in [1.29, 1.82) is 0 Å². The molecular formula is C13H18BrNO4S. The fourth-order valence-corrected chi connectivity index (χ4v) is 4.13. The molecule has 0 bridgehead atoms. The van der Waals surface area contributed by atoms with Crippen molar-refractivity contribution in [3.63, 3.8) is 0 Å². The largest absolute Gasteiger partial charge is 0.480 e. The Bertz CT molecular complexity index is 586. The maximum atomic E-state index is 12.2. The average Bonchev–Trinajstić information content (AvgIpc) is 2.33. The predicted molar refractivity (Wildman–Crippen MR) is 80.1 cm³/mol.